The Morgan fingerprint density at radius 2 is 2.05 bits per heavy atom. The van der Waals surface area contributed by atoms with Crippen LogP contribution >= 0.6 is 0 Å². The number of amides is 1. The van der Waals surface area contributed by atoms with Crippen LogP contribution in [-0.2, 0) is 0 Å². The zero-order valence-electron chi connectivity index (χ0n) is 12.9. The van der Waals surface area contributed by atoms with Gasteiger partial charge in [-0.2, -0.15) is 5.10 Å². The van der Waals surface area contributed by atoms with Crippen LogP contribution in [0.5, 0.6) is 0 Å². The average Bonchev–Trinajstić information content (AvgIpc) is 3.06. The van der Waals surface area contributed by atoms with Crippen LogP contribution in [0.3, 0.4) is 0 Å². The molecule has 0 aliphatic carbocycles. The molecule has 0 spiro atoms. The number of hydrogen-bond donors (Lipinski definition) is 2. The van der Waals surface area contributed by atoms with Gasteiger partial charge in [-0.1, -0.05) is 37.3 Å². The monoisotopic (exact) mass is 298 g/mol. The molecule has 1 aromatic heterocycles. The van der Waals surface area contributed by atoms with E-state index >= 15 is 0 Å². The lowest BCUT2D eigenvalue weighted by Gasteiger charge is -2.31. The Labute approximate surface area is 130 Å². The first-order valence-electron chi connectivity index (χ1n) is 7.90. The summed E-state index contributed by atoms with van der Waals surface area (Å²) in [6.45, 7) is 5.37. The van der Waals surface area contributed by atoms with Crippen molar-refractivity contribution in [3.63, 3.8) is 0 Å². The second-order valence-electron chi connectivity index (χ2n) is 5.71. The summed E-state index contributed by atoms with van der Waals surface area (Å²) >= 11 is 0. The van der Waals surface area contributed by atoms with Gasteiger partial charge in [0.15, 0.2) is 0 Å². The molecule has 0 bridgehead atoms. The fraction of sp³-hybridized carbons (Fsp3) is 0.412. The Morgan fingerprint density at radius 1 is 1.32 bits per heavy atom. The zero-order valence-corrected chi connectivity index (χ0v) is 12.9. The predicted octanol–water partition coefficient (Wildman–Crippen LogP) is 2.29. The van der Waals surface area contributed by atoms with Crippen LogP contribution in [0.2, 0.25) is 0 Å². The number of nitrogens with zero attached hydrogens (tertiary/aromatic N) is 2. The van der Waals surface area contributed by atoms with E-state index in [-0.39, 0.29) is 11.9 Å². The number of piperidine rings is 1. The molecule has 1 saturated heterocycles. The summed E-state index contributed by atoms with van der Waals surface area (Å²) in [7, 11) is 0. The molecule has 0 saturated carbocycles. The van der Waals surface area contributed by atoms with E-state index in [1.807, 2.05) is 30.3 Å². The minimum absolute atomic E-state index is 0.0393. The lowest BCUT2D eigenvalue weighted by molar-refractivity contribution is 0.0913. The highest BCUT2D eigenvalue weighted by molar-refractivity contribution is 5.99. The summed E-state index contributed by atoms with van der Waals surface area (Å²) in [6, 6.07) is 10.1. The van der Waals surface area contributed by atoms with Crippen molar-refractivity contribution in [3.8, 4) is 11.3 Å². The Bertz CT molecular complexity index is 615. The highest BCUT2D eigenvalue weighted by atomic mass is 16.1. The summed E-state index contributed by atoms with van der Waals surface area (Å²) in [4.78, 5) is 14.9. The van der Waals surface area contributed by atoms with Gasteiger partial charge in [-0.3, -0.25) is 9.89 Å². The first-order valence-corrected chi connectivity index (χ1v) is 7.90. The van der Waals surface area contributed by atoms with E-state index in [9.17, 15) is 4.79 Å². The fourth-order valence-corrected chi connectivity index (χ4v) is 2.94. The number of aromatic amines is 1. The smallest absolute Gasteiger partial charge is 0.255 e. The fourth-order valence-electron chi connectivity index (χ4n) is 2.94. The second kappa shape index (κ2) is 6.75. The standard InChI is InChI=1S/C17H22N4O/c1-2-21-10-8-14(9-11-21)19-17(22)15-12-18-20-16(15)13-6-4-3-5-7-13/h3-7,12,14H,2,8-11H2,1H3,(H,18,20)(H,19,22). The van der Waals surface area contributed by atoms with E-state index in [2.05, 4.69) is 27.3 Å². The van der Waals surface area contributed by atoms with Gasteiger partial charge < -0.3 is 10.2 Å². The molecule has 116 valence electrons. The normalized spacial score (nSPS) is 16.6. The SMILES string of the molecule is CCN1CCC(NC(=O)c2cn[nH]c2-c2ccccc2)CC1. The molecule has 1 fully saturated rings. The van der Waals surface area contributed by atoms with Crippen molar-refractivity contribution in [1.82, 2.24) is 20.4 Å². The van der Waals surface area contributed by atoms with Crippen LogP contribution in [0, 0.1) is 0 Å². The van der Waals surface area contributed by atoms with E-state index in [0.717, 1.165) is 43.7 Å². The van der Waals surface area contributed by atoms with Gasteiger partial charge in [0.05, 0.1) is 17.5 Å². The van der Waals surface area contributed by atoms with E-state index < -0.39 is 0 Å². The number of rotatable bonds is 4. The van der Waals surface area contributed by atoms with E-state index in [4.69, 9.17) is 0 Å². The van der Waals surface area contributed by atoms with E-state index in [1.165, 1.54) is 0 Å². The molecule has 22 heavy (non-hydrogen) atoms. The summed E-state index contributed by atoms with van der Waals surface area (Å²) < 4.78 is 0. The van der Waals surface area contributed by atoms with Crippen molar-refractivity contribution >= 4 is 5.91 Å². The third-order valence-corrected chi connectivity index (χ3v) is 4.32. The zero-order chi connectivity index (χ0) is 15.4. The molecule has 5 heteroatoms. The molecule has 1 aliphatic heterocycles. The van der Waals surface area contributed by atoms with Gasteiger partial charge in [0.25, 0.3) is 5.91 Å². The lowest BCUT2D eigenvalue weighted by Crippen LogP contribution is -2.44. The quantitative estimate of drug-likeness (QED) is 0.910. The molecule has 2 N–H and O–H groups in total. The molecule has 0 radical (unpaired) electrons. The van der Waals surface area contributed by atoms with E-state index in [0.29, 0.717) is 5.56 Å². The van der Waals surface area contributed by atoms with Crippen molar-refractivity contribution in [3.05, 3.63) is 42.1 Å². The maximum atomic E-state index is 12.5. The summed E-state index contributed by atoms with van der Waals surface area (Å²) in [5.41, 5.74) is 2.37. The third-order valence-electron chi connectivity index (χ3n) is 4.32. The first kappa shape index (κ1) is 14.8. The van der Waals surface area contributed by atoms with Crippen LogP contribution in [0.25, 0.3) is 11.3 Å². The topological polar surface area (TPSA) is 61.0 Å². The molecule has 0 atom stereocenters. The molecule has 1 aliphatic rings. The molecule has 0 unspecified atom stereocenters. The Hall–Kier alpha value is -2.14. The number of H-pyrrole nitrogens is 1. The second-order valence-corrected chi connectivity index (χ2v) is 5.71. The number of carbonyl (C=O) groups is 1. The lowest BCUT2D eigenvalue weighted by atomic mass is 10.0. The van der Waals surface area contributed by atoms with Crippen molar-refractivity contribution in [2.24, 2.45) is 0 Å². The van der Waals surface area contributed by atoms with Gasteiger partial charge in [-0.05, 0) is 19.4 Å². The van der Waals surface area contributed by atoms with Crippen LogP contribution in [-0.4, -0.2) is 46.7 Å². The van der Waals surface area contributed by atoms with Gasteiger partial charge in [-0.15, -0.1) is 0 Å². The summed E-state index contributed by atoms with van der Waals surface area (Å²) in [5, 5.41) is 10.1. The summed E-state index contributed by atoms with van der Waals surface area (Å²) in [5.74, 6) is -0.0393. The van der Waals surface area contributed by atoms with Crippen LogP contribution in [0.15, 0.2) is 36.5 Å². The molecule has 2 heterocycles. The first-order chi connectivity index (χ1) is 10.8. The minimum atomic E-state index is -0.0393. The third kappa shape index (κ3) is 3.20. The maximum absolute atomic E-state index is 12.5. The molecule has 1 amide bonds. The largest absolute Gasteiger partial charge is 0.349 e. The highest BCUT2D eigenvalue weighted by Crippen LogP contribution is 2.21. The van der Waals surface area contributed by atoms with Crippen molar-refractivity contribution < 1.29 is 4.79 Å². The highest BCUT2D eigenvalue weighted by Gasteiger charge is 2.22. The number of benzene rings is 1. The molecule has 1 aromatic carbocycles. The minimum Gasteiger partial charge on any atom is -0.349 e. The number of carbonyl (C=O) groups excluding carboxylic acids is 1. The Balaban J connectivity index is 1.68. The van der Waals surface area contributed by atoms with Crippen molar-refractivity contribution in [2.45, 2.75) is 25.8 Å². The molecule has 3 rings (SSSR count). The number of likely N-dealkylation sites (tertiary alicyclic amines) is 1. The van der Waals surface area contributed by atoms with Gasteiger partial charge in [0.2, 0.25) is 0 Å². The number of hydrogen-bond acceptors (Lipinski definition) is 3. The van der Waals surface area contributed by atoms with Crippen molar-refractivity contribution in [1.29, 1.82) is 0 Å². The number of aromatic nitrogens is 2. The molecular formula is C17H22N4O. The molecule has 2 aromatic rings. The van der Waals surface area contributed by atoms with Gasteiger partial charge in [0, 0.05) is 24.7 Å². The number of nitrogens with one attached hydrogen (secondary N) is 2. The molecular weight excluding hydrogens is 276 g/mol. The van der Waals surface area contributed by atoms with Crippen LogP contribution < -0.4 is 5.32 Å². The Morgan fingerprint density at radius 3 is 2.73 bits per heavy atom. The van der Waals surface area contributed by atoms with Crippen molar-refractivity contribution in [2.75, 3.05) is 19.6 Å². The predicted molar refractivity (Wildman–Crippen MR) is 86.6 cm³/mol. The molecule has 5 nitrogen and oxygen atoms in total. The average molecular weight is 298 g/mol. The van der Waals surface area contributed by atoms with Gasteiger partial charge >= 0.3 is 0 Å². The summed E-state index contributed by atoms with van der Waals surface area (Å²) in [6.07, 6.45) is 3.63. The van der Waals surface area contributed by atoms with Gasteiger partial charge in [-0.25, -0.2) is 0 Å². The maximum Gasteiger partial charge on any atom is 0.255 e. The van der Waals surface area contributed by atoms with Gasteiger partial charge in [0.1, 0.15) is 0 Å². The van der Waals surface area contributed by atoms with Crippen LogP contribution in [0.4, 0.5) is 0 Å². The van der Waals surface area contributed by atoms with E-state index in [1.54, 1.807) is 6.20 Å². The Kier molecular flexibility index (Phi) is 4.53. The van der Waals surface area contributed by atoms with Crippen LogP contribution in [0.1, 0.15) is 30.1 Å².